The number of hydrogen-bond acceptors (Lipinski definition) is 2. The number of nitrogens with zero attached hydrogens (tertiary/aromatic N) is 1. The van der Waals surface area contributed by atoms with Crippen molar-refractivity contribution in [2.75, 3.05) is 13.1 Å². The van der Waals surface area contributed by atoms with Gasteiger partial charge in [-0.05, 0) is 30.9 Å². The average Bonchev–Trinajstić information content (AvgIpc) is 2.79. The molecule has 1 unspecified atom stereocenters. The zero-order valence-electron chi connectivity index (χ0n) is 10.8. The second-order valence-electron chi connectivity index (χ2n) is 4.64. The van der Waals surface area contributed by atoms with Crippen molar-refractivity contribution in [1.29, 1.82) is 0 Å². The lowest BCUT2D eigenvalue weighted by Crippen LogP contribution is -2.32. The number of carbonyl (C=O) groups is 1. The van der Waals surface area contributed by atoms with Crippen LogP contribution in [0.3, 0.4) is 0 Å². The molecule has 0 radical (unpaired) electrons. The van der Waals surface area contributed by atoms with Gasteiger partial charge in [-0.2, -0.15) is 0 Å². The number of likely N-dealkylation sites (tertiary alicyclic amines) is 1. The van der Waals surface area contributed by atoms with Crippen LogP contribution in [0.4, 0.5) is 0 Å². The molecule has 1 saturated heterocycles. The van der Waals surface area contributed by atoms with Gasteiger partial charge in [-0.15, -0.1) is 12.4 Å². The lowest BCUT2D eigenvalue weighted by molar-refractivity contribution is -0.131. The molecule has 4 heteroatoms. The summed E-state index contributed by atoms with van der Waals surface area (Å²) >= 11 is 0. The van der Waals surface area contributed by atoms with Crippen molar-refractivity contribution >= 4 is 18.3 Å². The van der Waals surface area contributed by atoms with Crippen LogP contribution in [-0.2, 0) is 4.79 Å². The number of halogens is 1. The lowest BCUT2D eigenvalue weighted by Gasteiger charge is -2.26. The molecule has 0 aliphatic carbocycles. The Morgan fingerprint density at radius 2 is 2.17 bits per heavy atom. The van der Waals surface area contributed by atoms with E-state index in [1.54, 1.807) is 0 Å². The highest BCUT2D eigenvalue weighted by Gasteiger charge is 2.29. The number of hydrogen-bond donors (Lipinski definition) is 1. The normalized spacial score (nSPS) is 18.6. The topological polar surface area (TPSA) is 46.3 Å². The summed E-state index contributed by atoms with van der Waals surface area (Å²) in [6.45, 7) is 3.42. The van der Waals surface area contributed by atoms with E-state index in [4.69, 9.17) is 5.73 Å². The average molecular weight is 269 g/mol. The van der Waals surface area contributed by atoms with Crippen LogP contribution in [-0.4, -0.2) is 23.9 Å². The van der Waals surface area contributed by atoms with Gasteiger partial charge in [0.2, 0.25) is 5.91 Å². The van der Waals surface area contributed by atoms with Crippen LogP contribution in [0.1, 0.15) is 36.4 Å². The van der Waals surface area contributed by atoms with E-state index < -0.39 is 0 Å². The van der Waals surface area contributed by atoms with Gasteiger partial charge in [-0.3, -0.25) is 4.79 Å². The van der Waals surface area contributed by atoms with Crippen molar-refractivity contribution in [3.8, 4) is 0 Å². The zero-order valence-corrected chi connectivity index (χ0v) is 11.6. The van der Waals surface area contributed by atoms with Gasteiger partial charge in [0.25, 0.3) is 0 Å². The standard InChI is InChI=1S/C14H20N2O.ClH/c1-11-5-2-3-6-12(11)13-7-4-10-16(13)14(17)8-9-15;/h2-3,5-6,13H,4,7-10,15H2,1H3;1H. The van der Waals surface area contributed by atoms with E-state index >= 15 is 0 Å². The third-order valence-corrected chi connectivity index (χ3v) is 3.48. The highest BCUT2D eigenvalue weighted by molar-refractivity contribution is 5.85. The largest absolute Gasteiger partial charge is 0.336 e. The Kier molecular flexibility index (Phi) is 5.63. The molecule has 2 rings (SSSR count). The van der Waals surface area contributed by atoms with Crippen LogP contribution in [0.5, 0.6) is 0 Å². The molecule has 1 heterocycles. The molecule has 0 aromatic heterocycles. The SMILES string of the molecule is Cc1ccccc1C1CCCN1C(=O)CCN.Cl. The van der Waals surface area contributed by atoms with E-state index in [9.17, 15) is 4.79 Å². The Bertz CT molecular complexity index is 409. The minimum absolute atomic E-state index is 0. The van der Waals surface area contributed by atoms with Crippen LogP contribution in [0, 0.1) is 6.92 Å². The number of carbonyl (C=O) groups excluding carboxylic acids is 1. The van der Waals surface area contributed by atoms with Gasteiger partial charge in [0.05, 0.1) is 6.04 Å². The van der Waals surface area contributed by atoms with Crippen molar-refractivity contribution in [2.45, 2.75) is 32.2 Å². The fourth-order valence-electron chi connectivity index (χ4n) is 2.62. The van der Waals surface area contributed by atoms with Crippen molar-refractivity contribution < 1.29 is 4.79 Å². The van der Waals surface area contributed by atoms with Crippen molar-refractivity contribution in [3.63, 3.8) is 0 Å². The summed E-state index contributed by atoms with van der Waals surface area (Å²) in [6, 6.07) is 8.59. The molecule has 18 heavy (non-hydrogen) atoms. The second kappa shape index (κ2) is 6.76. The maximum absolute atomic E-state index is 12.0. The van der Waals surface area contributed by atoms with Gasteiger partial charge in [-0.1, -0.05) is 24.3 Å². The molecule has 2 N–H and O–H groups in total. The molecule has 1 aliphatic rings. The van der Waals surface area contributed by atoms with E-state index in [2.05, 4.69) is 19.1 Å². The van der Waals surface area contributed by atoms with Crippen LogP contribution in [0.25, 0.3) is 0 Å². The summed E-state index contributed by atoms with van der Waals surface area (Å²) in [6.07, 6.45) is 2.62. The van der Waals surface area contributed by atoms with Gasteiger partial charge in [0, 0.05) is 19.5 Å². The minimum atomic E-state index is 0. The third-order valence-electron chi connectivity index (χ3n) is 3.48. The lowest BCUT2D eigenvalue weighted by atomic mass is 9.99. The van der Waals surface area contributed by atoms with Crippen LogP contribution in [0.15, 0.2) is 24.3 Å². The molecule has 1 amide bonds. The van der Waals surface area contributed by atoms with Gasteiger partial charge < -0.3 is 10.6 Å². The molecule has 1 fully saturated rings. The Morgan fingerprint density at radius 3 is 2.83 bits per heavy atom. The number of benzene rings is 1. The molecule has 1 atom stereocenters. The molecular formula is C14H21ClN2O. The Hall–Kier alpha value is -1.06. The van der Waals surface area contributed by atoms with Gasteiger partial charge in [-0.25, -0.2) is 0 Å². The first-order chi connectivity index (χ1) is 8.24. The molecule has 0 bridgehead atoms. The number of amides is 1. The van der Waals surface area contributed by atoms with Gasteiger partial charge >= 0.3 is 0 Å². The van der Waals surface area contributed by atoms with Gasteiger partial charge in [0.1, 0.15) is 0 Å². The summed E-state index contributed by atoms with van der Waals surface area (Å²) in [5.41, 5.74) is 8.02. The molecule has 1 aromatic carbocycles. The minimum Gasteiger partial charge on any atom is -0.336 e. The molecule has 1 aromatic rings. The first kappa shape index (κ1) is 15.0. The summed E-state index contributed by atoms with van der Waals surface area (Å²) < 4.78 is 0. The number of rotatable bonds is 3. The highest BCUT2D eigenvalue weighted by Crippen LogP contribution is 2.33. The highest BCUT2D eigenvalue weighted by atomic mass is 35.5. The molecule has 100 valence electrons. The molecule has 1 aliphatic heterocycles. The molecular weight excluding hydrogens is 248 g/mol. The fraction of sp³-hybridized carbons (Fsp3) is 0.500. The zero-order chi connectivity index (χ0) is 12.3. The first-order valence-corrected chi connectivity index (χ1v) is 6.29. The van der Waals surface area contributed by atoms with Crippen LogP contribution in [0.2, 0.25) is 0 Å². The maximum Gasteiger partial charge on any atom is 0.224 e. The smallest absolute Gasteiger partial charge is 0.224 e. The number of aryl methyl sites for hydroxylation is 1. The van der Waals surface area contributed by atoms with Gasteiger partial charge in [0.15, 0.2) is 0 Å². The summed E-state index contributed by atoms with van der Waals surface area (Å²) in [5.74, 6) is 0.193. The van der Waals surface area contributed by atoms with Crippen molar-refractivity contribution in [3.05, 3.63) is 35.4 Å². The van der Waals surface area contributed by atoms with E-state index in [-0.39, 0.29) is 24.4 Å². The summed E-state index contributed by atoms with van der Waals surface area (Å²) in [7, 11) is 0. The van der Waals surface area contributed by atoms with Crippen LogP contribution < -0.4 is 5.73 Å². The van der Waals surface area contributed by atoms with Crippen LogP contribution >= 0.6 is 12.4 Å². The maximum atomic E-state index is 12.0. The van der Waals surface area contributed by atoms with E-state index in [1.807, 2.05) is 17.0 Å². The molecule has 0 saturated carbocycles. The van der Waals surface area contributed by atoms with Crippen molar-refractivity contribution in [2.24, 2.45) is 5.73 Å². The predicted molar refractivity (Wildman–Crippen MR) is 75.8 cm³/mol. The first-order valence-electron chi connectivity index (χ1n) is 6.29. The second-order valence-corrected chi connectivity index (χ2v) is 4.64. The Labute approximate surface area is 115 Å². The Balaban J connectivity index is 0.00000162. The summed E-state index contributed by atoms with van der Waals surface area (Å²) in [4.78, 5) is 14.0. The van der Waals surface area contributed by atoms with Crippen molar-refractivity contribution in [1.82, 2.24) is 4.90 Å². The van der Waals surface area contributed by atoms with E-state index in [1.165, 1.54) is 11.1 Å². The number of nitrogens with two attached hydrogens (primary N) is 1. The quantitative estimate of drug-likeness (QED) is 0.915. The monoisotopic (exact) mass is 268 g/mol. The van der Waals surface area contributed by atoms with E-state index in [0.717, 1.165) is 19.4 Å². The third kappa shape index (κ3) is 3.03. The Morgan fingerprint density at radius 1 is 1.44 bits per heavy atom. The molecule has 0 spiro atoms. The van der Waals surface area contributed by atoms with E-state index in [0.29, 0.717) is 13.0 Å². The molecule has 3 nitrogen and oxygen atoms in total. The predicted octanol–water partition coefficient (Wildman–Crippen LogP) is 2.43. The summed E-state index contributed by atoms with van der Waals surface area (Å²) in [5, 5.41) is 0. The fourth-order valence-corrected chi connectivity index (χ4v) is 2.62.